The van der Waals surface area contributed by atoms with Gasteiger partial charge in [-0.1, -0.05) is 6.92 Å². The van der Waals surface area contributed by atoms with Crippen molar-refractivity contribution in [3.8, 4) is 0 Å². The molecule has 0 spiro atoms. The number of hydrogen-bond donors (Lipinski definition) is 2. The maximum atomic E-state index is 12.3. The van der Waals surface area contributed by atoms with Crippen LogP contribution in [0, 0.1) is 6.92 Å². The lowest BCUT2D eigenvalue weighted by atomic mass is 10.3. The Balaban J connectivity index is 2.15. The maximum Gasteiger partial charge on any atom is 0.451 e. The summed E-state index contributed by atoms with van der Waals surface area (Å²) in [5, 5.41) is 7.04. The number of hydrogen-bond acceptors (Lipinski definition) is 5. The highest BCUT2D eigenvalue weighted by molar-refractivity contribution is 6.01. The number of anilines is 1. The summed E-state index contributed by atoms with van der Waals surface area (Å²) in [6.45, 7) is 3.34. The Morgan fingerprint density at radius 2 is 2.10 bits per heavy atom. The lowest BCUT2D eigenvalue weighted by Gasteiger charge is -1.99. The van der Waals surface area contributed by atoms with Gasteiger partial charge < -0.3 is 4.42 Å². The lowest BCUT2D eigenvalue weighted by molar-refractivity contribution is -0.144. The second kappa shape index (κ2) is 4.94. The molecule has 108 valence electrons. The highest BCUT2D eigenvalue weighted by Crippen LogP contribution is 2.26. The third kappa shape index (κ3) is 2.78. The quantitative estimate of drug-likeness (QED) is 0.900. The van der Waals surface area contributed by atoms with E-state index in [-0.39, 0.29) is 5.76 Å². The number of amides is 1. The minimum absolute atomic E-state index is 0.0831. The van der Waals surface area contributed by atoms with Gasteiger partial charge in [-0.2, -0.15) is 18.2 Å². The van der Waals surface area contributed by atoms with Gasteiger partial charge in [0.15, 0.2) is 5.89 Å². The van der Waals surface area contributed by atoms with E-state index in [1.54, 1.807) is 18.9 Å². The van der Waals surface area contributed by atoms with Crippen molar-refractivity contribution in [3.05, 3.63) is 23.2 Å². The van der Waals surface area contributed by atoms with E-state index in [1.807, 2.05) is 0 Å². The zero-order valence-electron chi connectivity index (χ0n) is 10.5. The molecule has 7 nitrogen and oxygen atoms in total. The third-order valence-electron chi connectivity index (χ3n) is 2.33. The van der Waals surface area contributed by atoms with Crippen LogP contribution in [0.5, 0.6) is 0 Å². The normalized spacial score (nSPS) is 11.7. The van der Waals surface area contributed by atoms with Crippen LogP contribution in [0.3, 0.4) is 0 Å². The zero-order chi connectivity index (χ0) is 14.9. The molecule has 0 radical (unpaired) electrons. The van der Waals surface area contributed by atoms with E-state index in [2.05, 4.69) is 20.4 Å². The minimum atomic E-state index is -4.66. The minimum Gasteiger partial charge on any atom is -0.435 e. The van der Waals surface area contributed by atoms with E-state index in [1.165, 1.54) is 0 Å². The van der Waals surface area contributed by atoms with Gasteiger partial charge in [0, 0.05) is 6.42 Å². The van der Waals surface area contributed by atoms with Crippen molar-refractivity contribution >= 4 is 11.9 Å². The molecular formula is C10H10F3N5O2. The lowest BCUT2D eigenvalue weighted by Crippen LogP contribution is -2.14. The van der Waals surface area contributed by atoms with Crippen LogP contribution < -0.4 is 5.32 Å². The number of oxazole rings is 1. The van der Waals surface area contributed by atoms with Crippen LogP contribution in [0.1, 0.15) is 34.9 Å². The number of aromatic amines is 1. The van der Waals surface area contributed by atoms with Crippen molar-refractivity contribution in [1.82, 2.24) is 20.2 Å². The smallest absolute Gasteiger partial charge is 0.435 e. The van der Waals surface area contributed by atoms with Crippen LogP contribution in [0.25, 0.3) is 0 Å². The summed E-state index contributed by atoms with van der Waals surface area (Å²) < 4.78 is 42.1. The van der Waals surface area contributed by atoms with Crippen molar-refractivity contribution in [3.63, 3.8) is 0 Å². The summed E-state index contributed by atoms with van der Waals surface area (Å²) in [7, 11) is 0. The Morgan fingerprint density at radius 3 is 2.60 bits per heavy atom. The number of aryl methyl sites for hydroxylation is 2. The van der Waals surface area contributed by atoms with Gasteiger partial charge in [0.1, 0.15) is 0 Å². The molecule has 0 saturated heterocycles. The highest BCUT2D eigenvalue weighted by Gasteiger charge is 2.35. The van der Waals surface area contributed by atoms with E-state index in [4.69, 9.17) is 4.42 Å². The highest BCUT2D eigenvalue weighted by atomic mass is 19.4. The first kappa shape index (κ1) is 14.0. The Kier molecular flexibility index (Phi) is 3.47. The first-order valence-electron chi connectivity index (χ1n) is 5.58. The predicted octanol–water partition coefficient (Wildman–Crippen LogP) is 1.93. The fraction of sp³-hybridized carbons (Fsp3) is 0.400. The molecule has 2 rings (SSSR count). The summed E-state index contributed by atoms with van der Waals surface area (Å²) in [6, 6.07) is 0. The SMILES string of the molecule is CCc1nc(C)c(C(=O)Nc2n[nH]c(C(F)(F)F)n2)o1. The van der Waals surface area contributed by atoms with Crippen LogP contribution in [-0.2, 0) is 12.6 Å². The molecule has 0 aliphatic carbocycles. The summed E-state index contributed by atoms with van der Waals surface area (Å²) in [5.41, 5.74) is 0.339. The average Bonchev–Trinajstić information content (AvgIpc) is 2.94. The maximum absolute atomic E-state index is 12.3. The fourth-order valence-electron chi connectivity index (χ4n) is 1.42. The van der Waals surface area contributed by atoms with Gasteiger partial charge in [0.25, 0.3) is 5.91 Å². The molecule has 2 heterocycles. The number of alkyl halides is 3. The average molecular weight is 289 g/mol. The van der Waals surface area contributed by atoms with Gasteiger partial charge in [0.05, 0.1) is 5.69 Å². The molecule has 1 amide bonds. The van der Waals surface area contributed by atoms with Crippen molar-refractivity contribution in [2.24, 2.45) is 0 Å². The topological polar surface area (TPSA) is 96.7 Å². The summed E-state index contributed by atoms with van der Waals surface area (Å²) in [5.74, 6) is -2.27. The van der Waals surface area contributed by atoms with Crippen LogP contribution in [0.15, 0.2) is 4.42 Å². The van der Waals surface area contributed by atoms with Gasteiger partial charge in [0.2, 0.25) is 17.5 Å². The Bertz CT molecular complexity index is 631. The molecular weight excluding hydrogens is 279 g/mol. The molecule has 0 bridgehead atoms. The van der Waals surface area contributed by atoms with Crippen LogP contribution in [0.2, 0.25) is 0 Å². The molecule has 2 aromatic heterocycles. The van der Waals surface area contributed by atoms with E-state index in [0.29, 0.717) is 18.0 Å². The summed E-state index contributed by atoms with van der Waals surface area (Å²) >= 11 is 0. The summed E-state index contributed by atoms with van der Waals surface area (Å²) in [4.78, 5) is 18.9. The molecule has 0 unspecified atom stereocenters. The standard InChI is InChI=1S/C10H10F3N5O2/c1-3-5-14-4(2)6(20-5)7(19)15-9-16-8(17-18-9)10(11,12)13/h3H2,1-2H3,(H2,15,16,17,18,19). The largest absolute Gasteiger partial charge is 0.451 e. The molecule has 0 atom stereocenters. The van der Waals surface area contributed by atoms with Gasteiger partial charge >= 0.3 is 6.18 Å². The number of carbonyl (C=O) groups is 1. The predicted molar refractivity (Wildman–Crippen MR) is 60.0 cm³/mol. The number of aromatic nitrogens is 4. The molecule has 2 N–H and O–H groups in total. The van der Waals surface area contributed by atoms with E-state index in [0.717, 1.165) is 0 Å². The third-order valence-corrected chi connectivity index (χ3v) is 2.33. The fourth-order valence-corrected chi connectivity index (χ4v) is 1.42. The number of nitrogens with zero attached hydrogens (tertiary/aromatic N) is 3. The van der Waals surface area contributed by atoms with Crippen LogP contribution in [0.4, 0.5) is 19.1 Å². The van der Waals surface area contributed by atoms with Crippen LogP contribution in [-0.4, -0.2) is 26.1 Å². The molecule has 0 fully saturated rings. The molecule has 2 aromatic rings. The Labute approximate surface area is 110 Å². The monoisotopic (exact) mass is 289 g/mol. The van der Waals surface area contributed by atoms with E-state index in [9.17, 15) is 18.0 Å². The zero-order valence-corrected chi connectivity index (χ0v) is 10.5. The first-order chi connectivity index (χ1) is 9.31. The van der Waals surface area contributed by atoms with E-state index < -0.39 is 23.9 Å². The molecule has 0 aliphatic rings. The molecule has 0 aromatic carbocycles. The van der Waals surface area contributed by atoms with Gasteiger partial charge in [-0.05, 0) is 6.92 Å². The van der Waals surface area contributed by atoms with Crippen molar-refractivity contribution < 1.29 is 22.4 Å². The van der Waals surface area contributed by atoms with Gasteiger partial charge in [-0.15, -0.1) is 5.10 Å². The Morgan fingerprint density at radius 1 is 1.40 bits per heavy atom. The molecule has 0 aliphatic heterocycles. The van der Waals surface area contributed by atoms with Crippen molar-refractivity contribution in [1.29, 1.82) is 0 Å². The summed E-state index contributed by atoms with van der Waals surface area (Å²) in [6.07, 6.45) is -4.17. The second-order valence-electron chi connectivity index (χ2n) is 3.84. The number of rotatable bonds is 3. The van der Waals surface area contributed by atoms with Gasteiger partial charge in [-0.3, -0.25) is 15.2 Å². The first-order valence-corrected chi connectivity index (χ1v) is 5.58. The number of carbonyl (C=O) groups excluding carboxylic acids is 1. The second-order valence-corrected chi connectivity index (χ2v) is 3.84. The number of nitrogens with one attached hydrogen (secondary N) is 2. The van der Waals surface area contributed by atoms with Crippen molar-refractivity contribution in [2.75, 3.05) is 5.32 Å². The van der Waals surface area contributed by atoms with Gasteiger partial charge in [-0.25, -0.2) is 4.98 Å². The molecule has 20 heavy (non-hydrogen) atoms. The molecule has 0 saturated carbocycles. The number of halogens is 3. The van der Waals surface area contributed by atoms with Crippen LogP contribution >= 0.6 is 0 Å². The van der Waals surface area contributed by atoms with E-state index >= 15 is 0 Å². The van der Waals surface area contributed by atoms with Crippen molar-refractivity contribution in [2.45, 2.75) is 26.4 Å². The Hall–Kier alpha value is -2.39. The number of H-pyrrole nitrogens is 1. The molecule has 10 heteroatoms.